The van der Waals surface area contributed by atoms with Crippen molar-refractivity contribution in [3.05, 3.63) is 35.9 Å². The van der Waals surface area contributed by atoms with Gasteiger partial charge in [0.25, 0.3) is 0 Å². The lowest BCUT2D eigenvalue weighted by molar-refractivity contribution is -0.690. The Morgan fingerprint density at radius 3 is 0.818 bits per heavy atom. The monoisotopic (exact) mass is 788 g/mol. The molecule has 0 spiro atoms. The molecule has 0 atom stereocenters. The van der Waals surface area contributed by atoms with Gasteiger partial charge >= 0.3 is 0 Å². The number of quaternary nitrogens is 1. The molecule has 2 N–H and O–H groups in total. The van der Waals surface area contributed by atoms with Crippen molar-refractivity contribution >= 4 is 0 Å². The van der Waals surface area contributed by atoms with E-state index in [0.717, 1.165) is 6.04 Å². The van der Waals surface area contributed by atoms with E-state index in [0.29, 0.717) is 0 Å². The second-order valence-electron chi connectivity index (χ2n) is 18.0. The molecule has 1 aromatic carbocycles. The van der Waals surface area contributed by atoms with Crippen LogP contribution < -0.4 is 17.7 Å². The van der Waals surface area contributed by atoms with Gasteiger partial charge in [-0.25, -0.2) is 0 Å². The summed E-state index contributed by atoms with van der Waals surface area (Å²) in [7, 11) is 0. The first-order chi connectivity index (χ1) is 26.9. The van der Waals surface area contributed by atoms with Gasteiger partial charge in [0.15, 0.2) is 0 Å². The molecule has 0 amide bonds. The van der Waals surface area contributed by atoms with Crippen LogP contribution in [0.15, 0.2) is 30.3 Å². The number of unbranched alkanes of at least 4 members (excludes halogenated alkanes) is 38. The summed E-state index contributed by atoms with van der Waals surface area (Å²) in [6.07, 6.45) is 62.9. The van der Waals surface area contributed by atoms with Crippen LogP contribution in [0.3, 0.4) is 0 Å². The van der Waals surface area contributed by atoms with E-state index in [9.17, 15) is 0 Å². The molecule has 0 saturated carbocycles. The number of halogens is 1. The lowest BCUT2D eigenvalue weighted by atomic mass is 9.99. The Bertz CT molecular complexity index is 751. The first-order valence-electron chi connectivity index (χ1n) is 25.7. The zero-order valence-corrected chi connectivity index (χ0v) is 38.8. The quantitative estimate of drug-likeness (QED) is 0.0634. The van der Waals surface area contributed by atoms with Crippen molar-refractivity contribution in [3.63, 3.8) is 0 Å². The number of nitrogens with two attached hydrogens (primary N) is 1. The van der Waals surface area contributed by atoms with Crippen LogP contribution in [0, 0.1) is 0 Å². The average Bonchev–Trinajstić information content (AvgIpc) is 3.19. The Labute approximate surface area is 354 Å². The second-order valence-corrected chi connectivity index (χ2v) is 18.0. The molecule has 0 saturated heterocycles. The van der Waals surface area contributed by atoms with Gasteiger partial charge in [-0.2, -0.15) is 0 Å². The molecule has 0 aromatic heterocycles. The summed E-state index contributed by atoms with van der Waals surface area (Å²) in [5.74, 6) is 0. The van der Waals surface area contributed by atoms with Gasteiger partial charge in [0, 0.05) is 6.42 Å². The van der Waals surface area contributed by atoms with E-state index in [-0.39, 0.29) is 12.4 Å². The van der Waals surface area contributed by atoms with Crippen LogP contribution in [0.25, 0.3) is 0 Å². The minimum atomic E-state index is 0. The lowest BCUT2D eigenvalue weighted by Gasteiger charge is -2.16. The fraction of sp³-hybridized carbons (Fsp3) is 0.887. The summed E-state index contributed by atoms with van der Waals surface area (Å²) >= 11 is 0. The fourth-order valence-corrected chi connectivity index (χ4v) is 8.83. The maximum absolute atomic E-state index is 2.72. The summed E-state index contributed by atoms with van der Waals surface area (Å²) in [4.78, 5) is 0. The maximum atomic E-state index is 2.72. The molecule has 1 aromatic rings. The van der Waals surface area contributed by atoms with Crippen molar-refractivity contribution in [1.29, 1.82) is 0 Å². The largest absolute Gasteiger partial charge is 1.00 e. The lowest BCUT2D eigenvalue weighted by Crippen LogP contribution is -3.00. The highest BCUT2D eigenvalue weighted by molar-refractivity contribution is 5.14. The van der Waals surface area contributed by atoms with Gasteiger partial charge in [0.05, 0.1) is 12.6 Å². The Hall–Kier alpha value is -0.530. The van der Waals surface area contributed by atoms with E-state index in [2.05, 4.69) is 49.5 Å². The molecule has 0 radical (unpaired) electrons. The van der Waals surface area contributed by atoms with Crippen molar-refractivity contribution in [2.24, 2.45) is 0 Å². The van der Waals surface area contributed by atoms with E-state index in [1.165, 1.54) is 288 Å². The van der Waals surface area contributed by atoms with Crippen molar-refractivity contribution < 1.29 is 17.7 Å². The standard InChI is InChI=1S/C53H101N.ClH/c1-3-5-7-9-11-13-15-17-19-21-23-25-27-29-31-33-35-37-39-44-48-53(54-51-50-52-46-42-41-43-47-52)49-45-40-38-36-34-32-30-28-26-24-22-20-18-16-14-12-10-8-6-4-2;/h41-43,46-47,53-54H,3-40,44-45,48-51H2,1-2H3;1H. The predicted molar refractivity (Wildman–Crippen MR) is 246 cm³/mol. The average molecular weight is 789 g/mol. The van der Waals surface area contributed by atoms with Crippen molar-refractivity contribution in [2.45, 2.75) is 296 Å². The van der Waals surface area contributed by atoms with Gasteiger partial charge in [-0.1, -0.05) is 288 Å². The van der Waals surface area contributed by atoms with Gasteiger partial charge in [0.1, 0.15) is 0 Å². The molecular weight excluding hydrogens is 686 g/mol. The molecule has 55 heavy (non-hydrogen) atoms. The first-order valence-corrected chi connectivity index (χ1v) is 25.7. The minimum absolute atomic E-state index is 0. The molecule has 0 fully saturated rings. The zero-order valence-electron chi connectivity index (χ0n) is 38.0. The van der Waals surface area contributed by atoms with Gasteiger partial charge in [-0.3, -0.25) is 0 Å². The molecule has 0 unspecified atom stereocenters. The topological polar surface area (TPSA) is 16.6 Å². The SMILES string of the molecule is CCCCCCCCCCCCCCCCCCCCCCC(CCCCCCCCCCCCCCCCCCCCCC)[NH2+]CCc1ccccc1.[Cl-]. The second kappa shape index (κ2) is 47.8. The highest BCUT2D eigenvalue weighted by atomic mass is 35.5. The van der Waals surface area contributed by atoms with Crippen LogP contribution in [0.1, 0.15) is 289 Å². The Kier molecular flexibility index (Phi) is 47.4. The molecule has 326 valence electrons. The summed E-state index contributed by atoms with van der Waals surface area (Å²) in [5.41, 5.74) is 1.50. The summed E-state index contributed by atoms with van der Waals surface area (Å²) in [6, 6.07) is 12.0. The molecule has 0 aliphatic carbocycles. The Balaban J connectivity index is 0.0000292. The first kappa shape index (κ1) is 54.5. The molecule has 1 nitrogen and oxygen atoms in total. The number of rotatable bonds is 46. The van der Waals surface area contributed by atoms with E-state index in [1.807, 2.05) is 0 Å². The maximum Gasteiger partial charge on any atom is 0.0859 e. The minimum Gasteiger partial charge on any atom is -1.00 e. The van der Waals surface area contributed by atoms with E-state index < -0.39 is 0 Å². The Morgan fingerprint density at radius 1 is 0.327 bits per heavy atom. The molecular formula is C53H102ClN. The molecule has 0 heterocycles. The van der Waals surface area contributed by atoms with Gasteiger partial charge in [0.2, 0.25) is 0 Å². The van der Waals surface area contributed by atoms with Crippen LogP contribution in [0.2, 0.25) is 0 Å². The van der Waals surface area contributed by atoms with E-state index in [4.69, 9.17) is 0 Å². The van der Waals surface area contributed by atoms with Crippen LogP contribution >= 0.6 is 0 Å². The smallest absolute Gasteiger partial charge is 0.0859 e. The predicted octanol–water partition coefficient (Wildman–Crippen LogP) is 14.6. The number of hydrogen-bond acceptors (Lipinski definition) is 0. The van der Waals surface area contributed by atoms with Crippen LogP contribution in [-0.4, -0.2) is 12.6 Å². The van der Waals surface area contributed by atoms with Crippen LogP contribution in [0.4, 0.5) is 0 Å². The molecule has 0 aliphatic heterocycles. The van der Waals surface area contributed by atoms with Gasteiger partial charge in [-0.05, 0) is 31.2 Å². The molecule has 0 bridgehead atoms. The fourth-order valence-electron chi connectivity index (χ4n) is 8.83. The highest BCUT2D eigenvalue weighted by Crippen LogP contribution is 2.18. The third-order valence-electron chi connectivity index (χ3n) is 12.6. The normalized spacial score (nSPS) is 11.5. The third-order valence-corrected chi connectivity index (χ3v) is 12.6. The van der Waals surface area contributed by atoms with Crippen molar-refractivity contribution in [2.75, 3.05) is 6.54 Å². The molecule has 2 heteroatoms. The Morgan fingerprint density at radius 2 is 0.564 bits per heavy atom. The summed E-state index contributed by atoms with van der Waals surface area (Å²) in [6.45, 7) is 5.88. The summed E-state index contributed by atoms with van der Waals surface area (Å²) in [5, 5.41) is 2.72. The van der Waals surface area contributed by atoms with E-state index >= 15 is 0 Å². The third kappa shape index (κ3) is 42.9. The highest BCUT2D eigenvalue weighted by Gasteiger charge is 2.11. The summed E-state index contributed by atoms with van der Waals surface area (Å²) < 4.78 is 0. The molecule has 0 aliphatic rings. The number of benzene rings is 1. The van der Waals surface area contributed by atoms with Crippen molar-refractivity contribution in [1.82, 2.24) is 0 Å². The number of hydrogen-bond donors (Lipinski definition) is 1. The van der Waals surface area contributed by atoms with Crippen LogP contribution in [-0.2, 0) is 6.42 Å². The van der Waals surface area contributed by atoms with Crippen LogP contribution in [0.5, 0.6) is 0 Å². The van der Waals surface area contributed by atoms with Gasteiger partial charge in [-0.15, -0.1) is 0 Å². The van der Waals surface area contributed by atoms with Gasteiger partial charge < -0.3 is 17.7 Å². The molecule has 1 rings (SSSR count). The van der Waals surface area contributed by atoms with Crippen molar-refractivity contribution in [3.8, 4) is 0 Å². The van der Waals surface area contributed by atoms with E-state index in [1.54, 1.807) is 0 Å². The zero-order chi connectivity index (χ0) is 38.5.